The van der Waals surface area contributed by atoms with Crippen molar-refractivity contribution in [3.05, 3.63) is 60.0 Å². The van der Waals surface area contributed by atoms with Crippen LogP contribution in [0.4, 0.5) is 27.5 Å². The van der Waals surface area contributed by atoms with Gasteiger partial charge in [-0.1, -0.05) is 26.0 Å². The molecule has 0 atom stereocenters. The van der Waals surface area contributed by atoms with E-state index in [1.165, 1.54) is 13.0 Å². The van der Waals surface area contributed by atoms with Crippen molar-refractivity contribution in [3.8, 4) is 0 Å². The standard InChI is InChI=1S/C21H24N6O4/c1-12(2)19(29)23-15-7-5-9-17(11-15)26-27-18(13(3)28)20(30)24-14-6-4-8-16(10-14)25-21(22)31/h4-12,28H,1-3H3,(H,23,29)(H,24,30)(H3,22,25,31). The molecule has 0 fully saturated rings. The minimum absolute atomic E-state index is 0.145. The lowest BCUT2D eigenvalue weighted by molar-refractivity contribution is -0.119. The molecule has 0 saturated carbocycles. The third-order valence-electron chi connectivity index (χ3n) is 3.85. The molecular weight excluding hydrogens is 400 g/mol. The molecule has 0 aliphatic carbocycles. The lowest BCUT2D eigenvalue weighted by atomic mass is 10.2. The molecule has 10 heteroatoms. The van der Waals surface area contributed by atoms with Gasteiger partial charge in [0.25, 0.3) is 5.91 Å². The number of benzene rings is 2. The number of rotatable bonds is 7. The molecule has 2 aromatic carbocycles. The Morgan fingerprint density at radius 1 is 0.935 bits per heavy atom. The van der Waals surface area contributed by atoms with E-state index in [4.69, 9.17) is 5.73 Å². The highest BCUT2D eigenvalue weighted by molar-refractivity contribution is 6.04. The van der Waals surface area contributed by atoms with Gasteiger partial charge in [-0.05, 0) is 43.3 Å². The summed E-state index contributed by atoms with van der Waals surface area (Å²) in [5, 5.41) is 25.4. The van der Waals surface area contributed by atoms with E-state index in [1.54, 1.807) is 56.3 Å². The molecular formula is C21H24N6O4. The summed E-state index contributed by atoms with van der Waals surface area (Å²) in [6, 6.07) is 12.1. The number of carbonyl (C=O) groups excluding carboxylic acids is 3. The van der Waals surface area contributed by atoms with Gasteiger partial charge < -0.3 is 26.8 Å². The number of primary amides is 1. The molecule has 0 bridgehead atoms. The molecule has 6 N–H and O–H groups in total. The topological polar surface area (TPSA) is 158 Å². The van der Waals surface area contributed by atoms with E-state index in [0.717, 1.165) is 0 Å². The van der Waals surface area contributed by atoms with E-state index in [1.807, 2.05) is 0 Å². The zero-order valence-electron chi connectivity index (χ0n) is 17.3. The van der Waals surface area contributed by atoms with Gasteiger partial charge in [0.05, 0.1) is 5.69 Å². The summed E-state index contributed by atoms with van der Waals surface area (Å²) in [7, 11) is 0. The maximum atomic E-state index is 12.5. The van der Waals surface area contributed by atoms with Crippen molar-refractivity contribution < 1.29 is 19.5 Å². The van der Waals surface area contributed by atoms with Gasteiger partial charge in [0.15, 0.2) is 5.70 Å². The summed E-state index contributed by atoms with van der Waals surface area (Å²) in [5.74, 6) is -1.37. The van der Waals surface area contributed by atoms with Crippen LogP contribution in [0, 0.1) is 5.92 Å². The second-order valence-electron chi connectivity index (χ2n) is 6.85. The molecule has 0 saturated heterocycles. The third-order valence-corrected chi connectivity index (χ3v) is 3.85. The highest BCUT2D eigenvalue weighted by atomic mass is 16.3. The zero-order chi connectivity index (χ0) is 23.0. The van der Waals surface area contributed by atoms with E-state index >= 15 is 0 Å². The molecule has 2 rings (SSSR count). The number of carbonyl (C=O) groups is 3. The Morgan fingerprint density at radius 2 is 1.52 bits per heavy atom. The van der Waals surface area contributed by atoms with Crippen molar-refractivity contribution in [2.24, 2.45) is 21.9 Å². The van der Waals surface area contributed by atoms with Crippen LogP contribution in [0.1, 0.15) is 20.8 Å². The summed E-state index contributed by atoms with van der Waals surface area (Å²) in [5.41, 5.74) is 6.43. The smallest absolute Gasteiger partial charge is 0.316 e. The quantitative estimate of drug-likeness (QED) is 0.255. The number of aliphatic hydroxyl groups is 1. The van der Waals surface area contributed by atoms with Crippen molar-refractivity contribution in [2.75, 3.05) is 16.0 Å². The number of anilines is 3. The zero-order valence-corrected chi connectivity index (χ0v) is 17.3. The van der Waals surface area contributed by atoms with Crippen LogP contribution in [0.25, 0.3) is 0 Å². The number of azo groups is 1. The Bertz CT molecular complexity index is 1040. The average Bonchev–Trinajstić information content (AvgIpc) is 2.67. The molecule has 0 heterocycles. The first-order valence-corrected chi connectivity index (χ1v) is 9.36. The highest BCUT2D eigenvalue weighted by Crippen LogP contribution is 2.21. The Kier molecular flexibility index (Phi) is 7.84. The Balaban J connectivity index is 2.16. The number of nitrogens with zero attached hydrogens (tertiary/aromatic N) is 2. The number of nitrogens with one attached hydrogen (secondary N) is 3. The normalized spacial score (nSPS) is 11.7. The summed E-state index contributed by atoms with van der Waals surface area (Å²) < 4.78 is 0. The summed E-state index contributed by atoms with van der Waals surface area (Å²) in [6.07, 6.45) is 0. The van der Waals surface area contributed by atoms with Crippen LogP contribution in [0.2, 0.25) is 0 Å². The molecule has 0 aliphatic heterocycles. The largest absolute Gasteiger partial charge is 0.510 e. The number of nitrogens with two attached hydrogens (primary N) is 1. The first kappa shape index (κ1) is 23.1. The summed E-state index contributed by atoms with van der Waals surface area (Å²) in [4.78, 5) is 35.3. The molecule has 0 aliphatic rings. The lowest BCUT2D eigenvalue weighted by Gasteiger charge is -2.09. The predicted molar refractivity (Wildman–Crippen MR) is 118 cm³/mol. The van der Waals surface area contributed by atoms with Crippen molar-refractivity contribution in [1.29, 1.82) is 0 Å². The second-order valence-corrected chi connectivity index (χ2v) is 6.85. The molecule has 0 aromatic heterocycles. The van der Waals surface area contributed by atoms with Crippen molar-refractivity contribution in [1.82, 2.24) is 0 Å². The molecule has 162 valence electrons. The van der Waals surface area contributed by atoms with Crippen LogP contribution >= 0.6 is 0 Å². The van der Waals surface area contributed by atoms with Gasteiger partial charge in [0.2, 0.25) is 5.91 Å². The molecule has 2 aromatic rings. The Labute approximate surface area is 179 Å². The van der Waals surface area contributed by atoms with E-state index in [-0.39, 0.29) is 23.3 Å². The van der Waals surface area contributed by atoms with Gasteiger partial charge in [0.1, 0.15) is 5.76 Å². The average molecular weight is 424 g/mol. The van der Waals surface area contributed by atoms with Crippen LogP contribution in [0.15, 0.2) is 70.2 Å². The van der Waals surface area contributed by atoms with Gasteiger partial charge in [-0.25, -0.2) is 4.79 Å². The monoisotopic (exact) mass is 424 g/mol. The minimum Gasteiger partial charge on any atom is -0.510 e. The molecule has 31 heavy (non-hydrogen) atoms. The van der Waals surface area contributed by atoms with Gasteiger partial charge in [0, 0.05) is 23.0 Å². The number of amides is 4. The number of hydrogen-bond acceptors (Lipinski definition) is 6. The van der Waals surface area contributed by atoms with Gasteiger partial charge >= 0.3 is 6.03 Å². The van der Waals surface area contributed by atoms with Crippen LogP contribution in [0.3, 0.4) is 0 Å². The first-order chi connectivity index (χ1) is 14.7. The van der Waals surface area contributed by atoms with Crippen LogP contribution < -0.4 is 21.7 Å². The van der Waals surface area contributed by atoms with Gasteiger partial charge in [-0.15, -0.1) is 5.11 Å². The molecule has 0 spiro atoms. The number of allylic oxidation sites excluding steroid dienone is 1. The Hall–Kier alpha value is -4.21. The molecule has 0 radical (unpaired) electrons. The van der Waals surface area contributed by atoms with E-state index < -0.39 is 11.9 Å². The highest BCUT2D eigenvalue weighted by Gasteiger charge is 2.14. The van der Waals surface area contributed by atoms with Crippen LogP contribution in [-0.2, 0) is 9.59 Å². The molecule has 0 unspecified atom stereocenters. The fourth-order valence-electron chi connectivity index (χ4n) is 2.33. The van der Waals surface area contributed by atoms with Gasteiger partial charge in [-0.3, -0.25) is 9.59 Å². The van der Waals surface area contributed by atoms with E-state index in [0.29, 0.717) is 22.7 Å². The van der Waals surface area contributed by atoms with Crippen molar-refractivity contribution in [2.45, 2.75) is 20.8 Å². The summed E-state index contributed by atoms with van der Waals surface area (Å²) >= 11 is 0. The third kappa shape index (κ3) is 7.28. The molecule has 4 amide bonds. The van der Waals surface area contributed by atoms with Crippen LogP contribution in [-0.4, -0.2) is 23.0 Å². The fraction of sp³-hybridized carbons (Fsp3) is 0.190. The number of urea groups is 1. The summed E-state index contributed by atoms with van der Waals surface area (Å²) in [6.45, 7) is 4.86. The number of aliphatic hydroxyl groups excluding tert-OH is 1. The fourth-order valence-corrected chi connectivity index (χ4v) is 2.33. The minimum atomic E-state index is -0.740. The van der Waals surface area contributed by atoms with Crippen molar-refractivity contribution >= 4 is 40.6 Å². The van der Waals surface area contributed by atoms with E-state index in [2.05, 4.69) is 26.2 Å². The lowest BCUT2D eigenvalue weighted by Crippen LogP contribution is -2.19. The van der Waals surface area contributed by atoms with Crippen molar-refractivity contribution in [3.63, 3.8) is 0 Å². The Morgan fingerprint density at radius 3 is 2.10 bits per heavy atom. The SMILES string of the molecule is CC(O)=C(N=Nc1cccc(NC(=O)C(C)C)c1)C(=O)Nc1cccc(NC(N)=O)c1. The number of hydrogen-bond donors (Lipinski definition) is 5. The van der Waals surface area contributed by atoms with Gasteiger partial charge in [-0.2, -0.15) is 5.11 Å². The first-order valence-electron chi connectivity index (χ1n) is 9.36. The predicted octanol–water partition coefficient (Wildman–Crippen LogP) is 4.28. The second kappa shape index (κ2) is 10.5. The maximum Gasteiger partial charge on any atom is 0.316 e. The van der Waals surface area contributed by atoms with E-state index in [9.17, 15) is 19.5 Å². The maximum absolute atomic E-state index is 12.5. The van der Waals surface area contributed by atoms with Crippen LogP contribution in [0.5, 0.6) is 0 Å². The molecule has 10 nitrogen and oxygen atoms in total.